The van der Waals surface area contributed by atoms with Crippen molar-refractivity contribution in [3.63, 3.8) is 0 Å². The first kappa shape index (κ1) is 9.03. The van der Waals surface area contributed by atoms with Crippen LogP contribution in [0.2, 0.25) is 0 Å². The van der Waals surface area contributed by atoms with Gasteiger partial charge >= 0.3 is 0 Å². The van der Waals surface area contributed by atoms with Crippen LogP contribution in [0.3, 0.4) is 0 Å². The number of piperazine rings is 1. The molecule has 0 aromatic rings. The normalized spacial score (nSPS) is 30.4. The van der Waals surface area contributed by atoms with Crippen molar-refractivity contribution in [2.24, 2.45) is 0 Å². The second-order valence-electron chi connectivity index (χ2n) is 3.09. The predicted octanol–water partition coefficient (Wildman–Crippen LogP) is -0.258. The highest BCUT2D eigenvalue weighted by atomic mass is 16.2. The largest absolute Gasteiger partial charge is 0.343 e. The van der Waals surface area contributed by atoms with Crippen LogP contribution in [0.15, 0.2) is 0 Å². The fraction of sp³-hybridized carbons (Fsp3) is 0.750. The molecule has 1 aliphatic heterocycles. The molecule has 0 spiro atoms. The van der Waals surface area contributed by atoms with Crippen LogP contribution in [-0.2, 0) is 9.59 Å². The maximum Gasteiger partial charge on any atom is 0.245 e. The summed E-state index contributed by atoms with van der Waals surface area (Å²) in [6.07, 6.45) is 0.654. The highest BCUT2D eigenvalue weighted by Crippen LogP contribution is 2.08. The average Bonchev–Trinajstić information content (AvgIpc) is 2.08. The molecule has 1 rings (SSSR count). The van der Waals surface area contributed by atoms with E-state index in [1.54, 1.807) is 14.0 Å². The Labute approximate surface area is 71.9 Å². The molecule has 1 aliphatic rings. The van der Waals surface area contributed by atoms with Gasteiger partial charge in [0.2, 0.25) is 11.8 Å². The van der Waals surface area contributed by atoms with Crippen molar-refractivity contribution in [2.45, 2.75) is 32.4 Å². The molecule has 0 radical (unpaired) electrons. The molecule has 0 saturated carbocycles. The Balaban J connectivity index is 2.77. The second kappa shape index (κ2) is 3.13. The highest BCUT2D eigenvalue weighted by Gasteiger charge is 2.34. The van der Waals surface area contributed by atoms with Crippen molar-refractivity contribution in [3.8, 4) is 0 Å². The number of hydrogen-bond donors (Lipinski definition) is 1. The van der Waals surface area contributed by atoms with Gasteiger partial charge in [0.05, 0.1) is 0 Å². The minimum absolute atomic E-state index is 0.00426. The molecular formula is C8H14N2O2. The lowest BCUT2D eigenvalue weighted by Crippen LogP contribution is -2.60. The van der Waals surface area contributed by atoms with E-state index in [1.807, 2.05) is 6.92 Å². The summed E-state index contributed by atoms with van der Waals surface area (Å²) in [5.74, 6) is -0.0615. The van der Waals surface area contributed by atoms with Gasteiger partial charge < -0.3 is 10.2 Å². The van der Waals surface area contributed by atoms with Crippen molar-refractivity contribution in [2.75, 3.05) is 7.05 Å². The Morgan fingerprint density at radius 1 is 1.50 bits per heavy atom. The number of likely N-dealkylation sites (N-methyl/N-ethyl adjacent to an activating group) is 1. The van der Waals surface area contributed by atoms with E-state index < -0.39 is 0 Å². The molecule has 4 nitrogen and oxygen atoms in total. The SMILES string of the molecule is CCC1NC(=O)[C@@H](C)N(C)C1=O. The van der Waals surface area contributed by atoms with Crippen molar-refractivity contribution in [3.05, 3.63) is 0 Å². The van der Waals surface area contributed by atoms with Crippen LogP contribution in [0, 0.1) is 0 Å². The highest BCUT2D eigenvalue weighted by molar-refractivity contribution is 5.96. The molecule has 2 amide bonds. The zero-order chi connectivity index (χ0) is 9.30. The molecular weight excluding hydrogens is 156 g/mol. The summed E-state index contributed by atoms with van der Waals surface area (Å²) in [4.78, 5) is 24.1. The van der Waals surface area contributed by atoms with Crippen molar-refractivity contribution in [1.82, 2.24) is 10.2 Å². The summed E-state index contributed by atoms with van der Waals surface area (Å²) >= 11 is 0. The Kier molecular flexibility index (Phi) is 2.35. The lowest BCUT2D eigenvalue weighted by Gasteiger charge is -2.34. The first-order chi connectivity index (χ1) is 5.57. The van der Waals surface area contributed by atoms with Crippen LogP contribution in [0.4, 0.5) is 0 Å². The average molecular weight is 170 g/mol. The molecule has 1 N–H and O–H groups in total. The summed E-state index contributed by atoms with van der Waals surface area (Å²) in [7, 11) is 1.66. The monoisotopic (exact) mass is 170 g/mol. The zero-order valence-electron chi connectivity index (χ0n) is 7.63. The van der Waals surface area contributed by atoms with E-state index in [1.165, 1.54) is 4.90 Å². The lowest BCUT2D eigenvalue weighted by atomic mass is 10.1. The molecule has 0 aliphatic carbocycles. The van der Waals surface area contributed by atoms with Gasteiger partial charge in [-0.3, -0.25) is 9.59 Å². The smallest absolute Gasteiger partial charge is 0.245 e. The fourth-order valence-corrected chi connectivity index (χ4v) is 1.24. The molecule has 0 aromatic heterocycles. The third-order valence-electron chi connectivity index (χ3n) is 2.33. The third-order valence-corrected chi connectivity index (χ3v) is 2.33. The number of amides is 2. The molecule has 0 aromatic carbocycles. The van der Waals surface area contributed by atoms with Crippen molar-refractivity contribution in [1.29, 1.82) is 0 Å². The predicted molar refractivity (Wildman–Crippen MR) is 44.5 cm³/mol. The van der Waals surface area contributed by atoms with Crippen molar-refractivity contribution >= 4 is 11.8 Å². The molecule has 1 unspecified atom stereocenters. The van der Waals surface area contributed by atoms with Gasteiger partial charge in [0.1, 0.15) is 12.1 Å². The van der Waals surface area contributed by atoms with E-state index in [-0.39, 0.29) is 23.9 Å². The van der Waals surface area contributed by atoms with Crippen LogP contribution in [0.1, 0.15) is 20.3 Å². The molecule has 1 heterocycles. The van der Waals surface area contributed by atoms with E-state index in [9.17, 15) is 9.59 Å². The van der Waals surface area contributed by atoms with Gasteiger partial charge in [-0.2, -0.15) is 0 Å². The first-order valence-electron chi connectivity index (χ1n) is 4.15. The summed E-state index contributed by atoms with van der Waals surface area (Å²) in [6.45, 7) is 3.60. The lowest BCUT2D eigenvalue weighted by molar-refractivity contribution is -0.146. The molecule has 1 saturated heterocycles. The molecule has 1 fully saturated rings. The minimum atomic E-state index is -0.333. The number of nitrogens with zero attached hydrogens (tertiary/aromatic N) is 1. The number of rotatable bonds is 1. The van der Waals surface area contributed by atoms with Gasteiger partial charge in [0.15, 0.2) is 0 Å². The zero-order valence-corrected chi connectivity index (χ0v) is 7.63. The first-order valence-corrected chi connectivity index (χ1v) is 4.15. The maximum atomic E-state index is 11.4. The third kappa shape index (κ3) is 1.29. The standard InChI is InChI=1S/C8H14N2O2/c1-4-6-8(12)10(3)5(2)7(11)9-6/h5-6H,4H2,1-3H3,(H,9,11)/t5-,6?/m1/s1. The van der Waals surface area contributed by atoms with Crippen molar-refractivity contribution < 1.29 is 9.59 Å². The summed E-state index contributed by atoms with van der Waals surface area (Å²) < 4.78 is 0. The van der Waals surface area contributed by atoms with Gasteiger partial charge in [0, 0.05) is 7.05 Å². The van der Waals surface area contributed by atoms with Crippen LogP contribution in [0.25, 0.3) is 0 Å². The molecule has 0 bridgehead atoms. The Bertz CT molecular complexity index is 211. The summed E-state index contributed by atoms with van der Waals surface area (Å²) in [6, 6.07) is -0.654. The van der Waals surface area contributed by atoms with E-state index in [0.717, 1.165) is 0 Å². The molecule has 2 atom stereocenters. The van der Waals surface area contributed by atoms with Crippen LogP contribution in [0.5, 0.6) is 0 Å². The Morgan fingerprint density at radius 3 is 2.58 bits per heavy atom. The van der Waals surface area contributed by atoms with Gasteiger partial charge in [-0.05, 0) is 13.3 Å². The molecule has 4 heteroatoms. The number of hydrogen-bond acceptors (Lipinski definition) is 2. The van der Waals surface area contributed by atoms with Crippen LogP contribution in [-0.4, -0.2) is 35.8 Å². The Hall–Kier alpha value is -1.06. The van der Waals surface area contributed by atoms with Crippen LogP contribution >= 0.6 is 0 Å². The van der Waals surface area contributed by atoms with Gasteiger partial charge in [-0.25, -0.2) is 0 Å². The van der Waals surface area contributed by atoms with E-state index in [4.69, 9.17) is 0 Å². The van der Waals surface area contributed by atoms with Gasteiger partial charge in [0.25, 0.3) is 0 Å². The molecule has 68 valence electrons. The van der Waals surface area contributed by atoms with E-state index in [0.29, 0.717) is 6.42 Å². The van der Waals surface area contributed by atoms with Gasteiger partial charge in [-0.15, -0.1) is 0 Å². The quantitative estimate of drug-likeness (QED) is 0.589. The second-order valence-corrected chi connectivity index (χ2v) is 3.09. The summed E-state index contributed by atoms with van der Waals surface area (Å²) in [5.41, 5.74) is 0. The number of nitrogens with one attached hydrogen (secondary N) is 1. The Morgan fingerprint density at radius 2 is 2.08 bits per heavy atom. The van der Waals surface area contributed by atoms with Crippen LogP contribution < -0.4 is 5.32 Å². The van der Waals surface area contributed by atoms with E-state index >= 15 is 0 Å². The fourth-order valence-electron chi connectivity index (χ4n) is 1.24. The minimum Gasteiger partial charge on any atom is -0.343 e. The van der Waals surface area contributed by atoms with E-state index in [2.05, 4.69) is 5.32 Å². The van der Waals surface area contributed by atoms with Gasteiger partial charge in [-0.1, -0.05) is 6.92 Å². The maximum absolute atomic E-state index is 11.4. The summed E-state index contributed by atoms with van der Waals surface area (Å²) in [5, 5.41) is 2.67. The number of carbonyl (C=O) groups excluding carboxylic acids is 2. The molecule has 12 heavy (non-hydrogen) atoms. The number of carbonyl (C=O) groups is 2. The topological polar surface area (TPSA) is 49.4 Å².